The molecule has 9 heteroatoms. The van der Waals surface area contributed by atoms with Crippen LogP contribution in [0, 0.1) is 0 Å². The van der Waals surface area contributed by atoms with E-state index in [9.17, 15) is 8.42 Å². The van der Waals surface area contributed by atoms with Crippen LogP contribution in [0.1, 0.15) is 6.42 Å². The van der Waals surface area contributed by atoms with Crippen molar-refractivity contribution in [3.63, 3.8) is 0 Å². The van der Waals surface area contributed by atoms with Gasteiger partial charge in [-0.1, -0.05) is 18.2 Å². The molecule has 0 unspecified atom stereocenters. The Kier molecular flexibility index (Phi) is 13.5. The summed E-state index contributed by atoms with van der Waals surface area (Å²) < 4.78 is 32.7. The number of aliphatic imine (C=N–C) groups is 1. The molecule has 0 amide bonds. The van der Waals surface area contributed by atoms with Crippen LogP contribution in [-0.4, -0.2) is 66.3 Å². The largest absolute Gasteiger partial charge is 0.494 e. The number of hydrogen-bond donors (Lipinski definition) is 2. The molecule has 144 valence electrons. The van der Waals surface area contributed by atoms with Crippen molar-refractivity contribution >= 4 is 39.8 Å². The number of guanidine groups is 1. The van der Waals surface area contributed by atoms with Crippen LogP contribution in [0.5, 0.6) is 5.75 Å². The SMILES string of the molecule is CN=C(NCCCOc1ccccc1)NCCOCCS(C)(=O)=O.I. The number of benzene rings is 1. The van der Waals surface area contributed by atoms with Crippen LogP contribution in [-0.2, 0) is 14.6 Å². The van der Waals surface area contributed by atoms with E-state index in [0.717, 1.165) is 18.7 Å². The van der Waals surface area contributed by atoms with Gasteiger partial charge in [0.05, 0.1) is 25.6 Å². The second-order valence-corrected chi connectivity index (χ2v) is 7.44. The summed E-state index contributed by atoms with van der Waals surface area (Å²) in [5.41, 5.74) is 0. The molecule has 0 spiro atoms. The fraction of sp³-hybridized carbons (Fsp3) is 0.562. The van der Waals surface area contributed by atoms with Crippen molar-refractivity contribution < 1.29 is 17.9 Å². The number of halogens is 1. The number of ether oxygens (including phenoxy) is 2. The fourth-order valence-electron chi connectivity index (χ4n) is 1.76. The lowest BCUT2D eigenvalue weighted by Gasteiger charge is -2.12. The van der Waals surface area contributed by atoms with Gasteiger partial charge in [0, 0.05) is 26.4 Å². The molecule has 0 aliphatic rings. The van der Waals surface area contributed by atoms with Crippen molar-refractivity contribution in [2.24, 2.45) is 4.99 Å². The van der Waals surface area contributed by atoms with Gasteiger partial charge in [-0.05, 0) is 18.6 Å². The van der Waals surface area contributed by atoms with E-state index < -0.39 is 9.84 Å². The summed E-state index contributed by atoms with van der Waals surface area (Å²) in [6.45, 7) is 2.56. The van der Waals surface area contributed by atoms with E-state index in [1.54, 1.807) is 7.05 Å². The number of sulfone groups is 1. The standard InChI is InChI=1S/C16H27N3O4S.HI/c1-17-16(19-10-12-22-13-14-24(2,20)21)18-9-6-11-23-15-7-4-3-5-8-15;/h3-5,7-8H,6,9-14H2,1-2H3,(H2,17,18,19);1H. The lowest BCUT2D eigenvalue weighted by Crippen LogP contribution is -2.39. The number of rotatable bonds is 11. The van der Waals surface area contributed by atoms with Gasteiger partial charge in [0.2, 0.25) is 0 Å². The normalized spacial score (nSPS) is 11.5. The summed E-state index contributed by atoms with van der Waals surface area (Å²) in [5, 5.41) is 6.28. The Morgan fingerprint density at radius 2 is 1.76 bits per heavy atom. The Morgan fingerprint density at radius 1 is 1.08 bits per heavy atom. The Hall–Kier alpha value is -1.07. The highest BCUT2D eigenvalue weighted by Gasteiger charge is 2.01. The Bertz CT molecular complexity index is 582. The molecule has 0 saturated heterocycles. The lowest BCUT2D eigenvalue weighted by molar-refractivity contribution is 0.154. The van der Waals surface area contributed by atoms with Gasteiger partial charge in [0.25, 0.3) is 0 Å². The van der Waals surface area contributed by atoms with Gasteiger partial charge in [-0.2, -0.15) is 0 Å². The van der Waals surface area contributed by atoms with Gasteiger partial charge in [0.15, 0.2) is 5.96 Å². The van der Waals surface area contributed by atoms with E-state index >= 15 is 0 Å². The van der Waals surface area contributed by atoms with Crippen LogP contribution in [0.15, 0.2) is 35.3 Å². The first kappa shape index (κ1) is 23.9. The second kappa shape index (κ2) is 14.1. The molecule has 0 aliphatic heterocycles. The predicted octanol–water partition coefficient (Wildman–Crippen LogP) is 1.30. The predicted molar refractivity (Wildman–Crippen MR) is 112 cm³/mol. The van der Waals surface area contributed by atoms with Crippen molar-refractivity contribution in [3.05, 3.63) is 30.3 Å². The molecule has 0 radical (unpaired) electrons. The summed E-state index contributed by atoms with van der Waals surface area (Å²) in [5.74, 6) is 1.59. The van der Waals surface area contributed by atoms with Crippen LogP contribution in [0.25, 0.3) is 0 Å². The third-order valence-electron chi connectivity index (χ3n) is 2.99. The average molecular weight is 485 g/mol. The molecule has 0 fully saturated rings. The Balaban J connectivity index is 0.00000576. The molecule has 1 aromatic carbocycles. The zero-order valence-electron chi connectivity index (χ0n) is 14.7. The maximum absolute atomic E-state index is 10.9. The zero-order valence-corrected chi connectivity index (χ0v) is 17.9. The maximum atomic E-state index is 10.9. The topological polar surface area (TPSA) is 89.0 Å². The molecule has 25 heavy (non-hydrogen) atoms. The van der Waals surface area contributed by atoms with Gasteiger partial charge in [-0.25, -0.2) is 8.42 Å². The second-order valence-electron chi connectivity index (χ2n) is 5.18. The number of hydrogen-bond acceptors (Lipinski definition) is 5. The van der Waals surface area contributed by atoms with Crippen LogP contribution in [0.2, 0.25) is 0 Å². The monoisotopic (exact) mass is 485 g/mol. The molecule has 0 atom stereocenters. The summed E-state index contributed by atoms with van der Waals surface area (Å²) in [4.78, 5) is 4.10. The summed E-state index contributed by atoms with van der Waals surface area (Å²) in [7, 11) is -1.27. The average Bonchev–Trinajstić information content (AvgIpc) is 2.55. The minimum Gasteiger partial charge on any atom is -0.494 e. The zero-order chi connectivity index (χ0) is 17.7. The first-order chi connectivity index (χ1) is 11.5. The first-order valence-electron chi connectivity index (χ1n) is 7.89. The smallest absolute Gasteiger partial charge is 0.191 e. The van der Waals surface area contributed by atoms with Gasteiger partial charge < -0.3 is 20.1 Å². The van der Waals surface area contributed by atoms with Crippen molar-refractivity contribution in [1.29, 1.82) is 0 Å². The van der Waals surface area contributed by atoms with E-state index in [1.165, 1.54) is 6.26 Å². The molecule has 7 nitrogen and oxygen atoms in total. The van der Waals surface area contributed by atoms with E-state index in [0.29, 0.717) is 25.7 Å². The van der Waals surface area contributed by atoms with E-state index in [-0.39, 0.29) is 36.3 Å². The van der Waals surface area contributed by atoms with E-state index in [2.05, 4.69) is 15.6 Å². The Labute approximate surface area is 167 Å². The minimum atomic E-state index is -2.96. The molecular formula is C16H28IN3O4S. The lowest BCUT2D eigenvalue weighted by atomic mass is 10.3. The molecule has 0 aliphatic carbocycles. The Morgan fingerprint density at radius 3 is 2.40 bits per heavy atom. The van der Waals surface area contributed by atoms with Crippen molar-refractivity contribution in [1.82, 2.24) is 10.6 Å². The highest BCUT2D eigenvalue weighted by molar-refractivity contribution is 14.0. The van der Waals surface area contributed by atoms with Gasteiger partial charge in [0.1, 0.15) is 15.6 Å². The minimum absolute atomic E-state index is 0. The first-order valence-corrected chi connectivity index (χ1v) is 9.95. The third kappa shape index (κ3) is 13.9. The van der Waals surface area contributed by atoms with Gasteiger partial charge >= 0.3 is 0 Å². The van der Waals surface area contributed by atoms with Crippen molar-refractivity contribution in [2.45, 2.75) is 6.42 Å². The summed E-state index contributed by atoms with van der Waals surface area (Å²) >= 11 is 0. The van der Waals surface area contributed by atoms with Gasteiger partial charge in [-0.15, -0.1) is 24.0 Å². The molecule has 0 aromatic heterocycles. The molecule has 0 bridgehead atoms. The number of nitrogens with one attached hydrogen (secondary N) is 2. The van der Waals surface area contributed by atoms with E-state index in [4.69, 9.17) is 9.47 Å². The van der Waals surface area contributed by atoms with Crippen LogP contribution in [0.4, 0.5) is 0 Å². The summed E-state index contributed by atoms with van der Waals surface area (Å²) in [6, 6.07) is 9.69. The van der Waals surface area contributed by atoms with Crippen molar-refractivity contribution in [3.8, 4) is 5.75 Å². The van der Waals surface area contributed by atoms with Gasteiger partial charge in [-0.3, -0.25) is 4.99 Å². The van der Waals surface area contributed by atoms with Crippen LogP contribution < -0.4 is 15.4 Å². The fourth-order valence-corrected chi connectivity index (χ4v) is 2.18. The molecule has 1 aromatic rings. The maximum Gasteiger partial charge on any atom is 0.191 e. The molecule has 0 saturated carbocycles. The highest BCUT2D eigenvalue weighted by Crippen LogP contribution is 2.07. The number of para-hydroxylation sites is 1. The molecule has 1 rings (SSSR count). The van der Waals surface area contributed by atoms with E-state index in [1.807, 2.05) is 30.3 Å². The van der Waals surface area contributed by atoms with Crippen LogP contribution in [0.3, 0.4) is 0 Å². The number of nitrogens with zero attached hydrogens (tertiary/aromatic N) is 1. The molecule has 0 heterocycles. The quantitative estimate of drug-likeness (QED) is 0.213. The summed E-state index contributed by atoms with van der Waals surface area (Å²) in [6.07, 6.45) is 2.04. The molecule has 2 N–H and O–H groups in total. The molecular weight excluding hydrogens is 457 g/mol. The highest BCUT2D eigenvalue weighted by atomic mass is 127. The van der Waals surface area contributed by atoms with Crippen molar-refractivity contribution in [2.75, 3.05) is 52.0 Å². The van der Waals surface area contributed by atoms with Crippen LogP contribution >= 0.6 is 24.0 Å². The third-order valence-corrected chi connectivity index (χ3v) is 3.89.